The minimum absolute atomic E-state index is 0. The van der Waals surface area contributed by atoms with Crippen LogP contribution in [0.25, 0.3) is 0 Å². The van der Waals surface area contributed by atoms with Crippen LogP contribution in [-0.2, 0) is 18.4 Å². The molecule has 2 aliphatic carbocycles. The largest absolute Gasteiger partial charge is 0.352 e. The molecule has 3 N–H and O–H groups in total. The number of carbonyl (C=O) groups is 1. The summed E-state index contributed by atoms with van der Waals surface area (Å²) in [5.74, 6) is 1.24. The van der Waals surface area contributed by atoms with Crippen LogP contribution in [0.5, 0.6) is 0 Å². The zero-order valence-corrected chi connectivity index (χ0v) is 11.9. The van der Waals surface area contributed by atoms with Gasteiger partial charge in [0.1, 0.15) is 0 Å². The molecule has 5 nitrogen and oxygen atoms in total. The molecular weight excluding hydrogens is 264 g/mol. The summed E-state index contributed by atoms with van der Waals surface area (Å²) in [5, 5.41) is 7.08. The molecule has 2 bridgehead atoms. The summed E-state index contributed by atoms with van der Waals surface area (Å²) in [5.41, 5.74) is 7.19. The Morgan fingerprint density at radius 3 is 2.84 bits per heavy atom. The van der Waals surface area contributed by atoms with Crippen LogP contribution in [0, 0.1) is 17.8 Å². The number of hydrogen-bond acceptors (Lipinski definition) is 3. The van der Waals surface area contributed by atoms with Crippen molar-refractivity contribution in [2.24, 2.45) is 30.5 Å². The third kappa shape index (κ3) is 2.62. The third-order valence-corrected chi connectivity index (χ3v) is 4.51. The van der Waals surface area contributed by atoms with Crippen molar-refractivity contribution in [2.45, 2.75) is 31.8 Å². The predicted molar refractivity (Wildman–Crippen MR) is 74.6 cm³/mol. The van der Waals surface area contributed by atoms with Gasteiger partial charge in [-0.3, -0.25) is 9.48 Å². The molecule has 6 heteroatoms. The number of halogens is 1. The normalized spacial score (nSPS) is 32.1. The van der Waals surface area contributed by atoms with Crippen molar-refractivity contribution in [1.82, 2.24) is 15.1 Å². The molecule has 1 aromatic heterocycles. The fraction of sp³-hybridized carbons (Fsp3) is 0.692. The van der Waals surface area contributed by atoms with Crippen LogP contribution in [-0.4, -0.2) is 21.7 Å². The lowest BCUT2D eigenvalue weighted by atomic mass is 9.84. The summed E-state index contributed by atoms with van der Waals surface area (Å²) in [4.78, 5) is 12.2. The summed E-state index contributed by atoms with van der Waals surface area (Å²) >= 11 is 0. The van der Waals surface area contributed by atoms with Gasteiger partial charge in [0.15, 0.2) is 0 Å². The summed E-state index contributed by atoms with van der Waals surface area (Å²) in [6, 6.07) is 0.0673. The van der Waals surface area contributed by atoms with Gasteiger partial charge < -0.3 is 11.1 Å². The maximum Gasteiger partial charge on any atom is 0.225 e. The monoisotopic (exact) mass is 284 g/mol. The summed E-state index contributed by atoms with van der Waals surface area (Å²) in [7, 11) is 1.87. The molecule has 1 aromatic rings. The van der Waals surface area contributed by atoms with Gasteiger partial charge in [-0.25, -0.2) is 0 Å². The molecule has 4 atom stereocenters. The Kier molecular flexibility index (Phi) is 4.16. The highest BCUT2D eigenvalue weighted by molar-refractivity contribution is 5.85. The van der Waals surface area contributed by atoms with Crippen LogP contribution < -0.4 is 11.1 Å². The second-order valence-electron chi connectivity index (χ2n) is 5.68. The molecular formula is C13H21ClN4O. The van der Waals surface area contributed by atoms with E-state index in [1.807, 2.05) is 13.2 Å². The lowest BCUT2D eigenvalue weighted by Gasteiger charge is -2.26. The zero-order valence-electron chi connectivity index (χ0n) is 11.1. The highest BCUT2D eigenvalue weighted by Gasteiger charge is 2.48. The number of rotatable bonds is 3. The minimum Gasteiger partial charge on any atom is -0.352 e. The van der Waals surface area contributed by atoms with E-state index < -0.39 is 0 Å². The SMILES string of the molecule is Cl.Cn1cc(CNC(=O)C2C3CCC(C3)C2N)cn1. The Hall–Kier alpha value is -1.07. The second kappa shape index (κ2) is 5.51. The van der Waals surface area contributed by atoms with Crippen molar-refractivity contribution in [2.75, 3.05) is 0 Å². The predicted octanol–water partition coefficient (Wildman–Crippen LogP) is 0.831. The van der Waals surface area contributed by atoms with Crippen molar-refractivity contribution >= 4 is 18.3 Å². The number of aromatic nitrogens is 2. The smallest absolute Gasteiger partial charge is 0.225 e. The average molecular weight is 285 g/mol. The molecule has 19 heavy (non-hydrogen) atoms. The summed E-state index contributed by atoms with van der Waals surface area (Å²) in [6.45, 7) is 0.549. The molecule has 0 radical (unpaired) electrons. The zero-order chi connectivity index (χ0) is 12.7. The van der Waals surface area contributed by atoms with Gasteiger partial charge in [0.05, 0.1) is 12.1 Å². The maximum atomic E-state index is 12.2. The Morgan fingerprint density at radius 1 is 1.53 bits per heavy atom. The van der Waals surface area contributed by atoms with E-state index in [-0.39, 0.29) is 30.3 Å². The minimum atomic E-state index is 0. The molecule has 2 fully saturated rings. The van der Waals surface area contributed by atoms with Crippen LogP contribution in [0.3, 0.4) is 0 Å². The molecule has 106 valence electrons. The van der Waals surface area contributed by atoms with Crippen molar-refractivity contribution in [1.29, 1.82) is 0 Å². The molecule has 0 aliphatic heterocycles. The Balaban J connectivity index is 0.00000133. The van der Waals surface area contributed by atoms with Crippen molar-refractivity contribution in [3.05, 3.63) is 18.0 Å². The third-order valence-electron chi connectivity index (χ3n) is 4.51. The highest BCUT2D eigenvalue weighted by atomic mass is 35.5. The van der Waals surface area contributed by atoms with E-state index in [4.69, 9.17) is 5.73 Å². The number of amides is 1. The standard InChI is InChI=1S/C13H20N4O.ClH/c1-17-7-8(6-16-17)5-15-13(18)11-9-2-3-10(4-9)12(11)14;/h6-7,9-12H,2-5,14H2,1H3,(H,15,18);1H. The number of carbonyl (C=O) groups excluding carboxylic acids is 1. The molecule has 2 saturated carbocycles. The average Bonchev–Trinajstić information content (AvgIpc) is 3.02. The number of nitrogens with one attached hydrogen (secondary N) is 1. The van der Waals surface area contributed by atoms with E-state index in [0.717, 1.165) is 12.0 Å². The van der Waals surface area contributed by atoms with Crippen LogP contribution in [0.2, 0.25) is 0 Å². The van der Waals surface area contributed by atoms with Crippen LogP contribution in [0.4, 0.5) is 0 Å². The molecule has 3 rings (SSSR count). The first-order chi connectivity index (χ1) is 8.65. The van der Waals surface area contributed by atoms with Crippen LogP contribution in [0.1, 0.15) is 24.8 Å². The lowest BCUT2D eigenvalue weighted by molar-refractivity contribution is -0.127. The second-order valence-corrected chi connectivity index (χ2v) is 5.68. The van der Waals surface area contributed by atoms with Gasteiger partial charge in [0.2, 0.25) is 5.91 Å². The van der Waals surface area contributed by atoms with Gasteiger partial charge in [-0.05, 0) is 31.1 Å². The Morgan fingerprint density at radius 2 is 2.26 bits per heavy atom. The molecule has 0 spiro atoms. The summed E-state index contributed by atoms with van der Waals surface area (Å²) < 4.78 is 1.74. The first-order valence-electron chi connectivity index (χ1n) is 6.66. The van der Waals surface area contributed by atoms with Crippen LogP contribution in [0.15, 0.2) is 12.4 Å². The van der Waals surface area contributed by atoms with Gasteiger partial charge in [0, 0.05) is 31.4 Å². The number of fused-ring (bicyclic) bond motifs is 2. The lowest BCUT2D eigenvalue weighted by Crippen LogP contribution is -2.45. The first-order valence-corrected chi connectivity index (χ1v) is 6.66. The van der Waals surface area contributed by atoms with E-state index in [1.54, 1.807) is 10.9 Å². The molecule has 1 heterocycles. The first kappa shape index (κ1) is 14.3. The van der Waals surface area contributed by atoms with Gasteiger partial charge in [-0.1, -0.05) is 0 Å². The number of nitrogens with zero attached hydrogens (tertiary/aromatic N) is 2. The fourth-order valence-electron chi connectivity index (χ4n) is 3.60. The van der Waals surface area contributed by atoms with E-state index in [0.29, 0.717) is 18.4 Å². The highest BCUT2D eigenvalue weighted by Crippen LogP contribution is 2.47. The molecule has 1 amide bonds. The van der Waals surface area contributed by atoms with Crippen molar-refractivity contribution < 1.29 is 4.79 Å². The van der Waals surface area contributed by atoms with Crippen molar-refractivity contribution in [3.63, 3.8) is 0 Å². The van der Waals surface area contributed by atoms with Gasteiger partial charge in [-0.2, -0.15) is 5.10 Å². The summed E-state index contributed by atoms with van der Waals surface area (Å²) in [6.07, 6.45) is 7.22. The number of nitrogens with two attached hydrogens (primary N) is 1. The molecule has 2 aliphatic rings. The Labute approximate surface area is 119 Å². The quantitative estimate of drug-likeness (QED) is 0.864. The topological polar surface area (TPSA) is 72.9 Å². The number of aryl methyl sites for hydroxylation is 1. The van der Waals surface area contributed by atoms with E-state index in [9.17, 15) is 4.79 Å². The maximum absolute atomic E-state index is 12.2. The molecule has 0 aromatic carbocycles. The van der Waals surface area contributed by atoms with E-state index in [2.05, 4.69) is 10.4 Å². The van der Waals surface area contributed by atoms with E-state index >= 15 is 0 Å². The van der Waals surface area contributed by atoms with Crippen LogP contribution >= 0.6 is 12.4 Å². The van der Waals surface area contributed by atoms with E-state index in [1.165, 1.54) is 12.8 Å². The van der Waals surface area contributed by atoms with Gasteiger partial charge >= 0.3 is 0 Å². The Bertz CT molecular complexity index is 459. The molecule has 0 saturated heterocycles. The van der Waals surface area contributed by atoms with Gasteiger partial charge in [0.25, 0.3) is 0 Å². The fourth-order valence-corrected chi connectivity index (χ4v) is 3.60. The number of hydrogen-bond donors (Lipinski definition) is 2. The van der Waals surface area contributed by atoms with Gasteiger partial charge in [-0.15, -0.1) is 12.4 Å². The molecule has 4 unspecified atom stereocenters. The van der Waals surface area contributed by atoms with Crippen molar-refractivity contribution in [3.8, 4) is 0 Å².